The van der Waals surface area contributed by atoms with E-state index < -0.39 is 6.04 Å². The highest BCUT2D eigenvalue weighted by Crippen LogP contribution is 2.54. The Kier molecular flexibility index (Phi) is 4.54. The van der Waals surface area contributed by atoms with Gasteiger partial charge in [-0.2, -0.15) is 0 Å². The maximum atomic E-state index is 13.4. The Morgan fingerprint density at radius 1 is 1.07 bits per heavy atom. The zero-order chi connectivity index (χ0) is 20.1. The third-order valence-corrected chi connectivity index (χ3v) is 7.10. The smallest absolute Gasteiger partial charge is 0.234 e. The number of aryl methyl sites for hydroxylation is 1. The lowest BCUT2D eigenvalue weighted by molar-refractivity contribution is -0.146. The molecule has 2 aliphatic heterocycles. The number of amides is 3. The number of hydrogen-bond donors (Lipinski definition) is 0. The number of hydrogen-bond acceptors (Lipinski definition) is 4. The fourth-order valence-electron chi connectivity index (χ4n) is 5.64. The highest BCUT2D eigenvalue weighted by atomic mass is 16.5. The van der Waals surface area contributed by atoms with Gasteiger partial charge in [-0.3, -0.25) is 19.3 Å². The Labute approximate surface area is 170 Å². The lowest BCUT2D eigenvalue weighted by Crippen LogP contribution is -2.44. The van der Waals surface area contributed by atoms with Crippen LogP contribution in [0.5, 0.6) is 0 Å². The van der Waals surface area contributed by atoms with E-state index in [0.717, 1.165) is 17.5 Å². The lowest BCUT2D eigenvalue weighted by Gasteiger charge is -2.32. The molecule has 0 spiro atoms. The average Bonchev–Trinajstić information content (AvgIpc) is 3.42. The van der Waals surface area contributed by atoms with Crippen LogP contribution in [0.1, 0.15) is 30.0 Å². The minimum Gasteiger partial charge on any atom is -0.378 e. The van der Waals surface area contributed by atoms with Crippen LogP contribution >= 0.6 is 0 Å². The van der Waals surface area contributed by atoms with Crippen molar-refractivity contribution < 1.29 is 19.1 Å². The number of morpholine rings is 1. The Balaban J connectivity index is 1.48. The van der Waals surface area contributed by atoms with Crippen LogP contribution in [0.3, 0.4) is 0 Å². The summed E-state index contributed by atoms with van der Waals surface area (Å²) in [6.07, 6.45) is 5.23. The van der Waals surface area contributed by atoms with Gasteiger partial charge in [0.25, 0.3) is 0 Å². The molecule has 6 heteroatoms. The van der Waals surface area contributed by atoms with Crippen molar-refractivity contribution in [1.82, 2.24) is 9.80 Å². The Morgan fingerprint density at radius 2 is 1.69 bits per heavy atom. The first kappa shape index (κ1) is 18.6. The SMILES string of the molecule is Cc1ccccc1C(CC(=O)N1CCOCC1)N1C(=O)C2C3C=CC(C3)C2C1=O. The number of rotatable bonds is 4. The second-order valence-corrected chi connectivity index (χ2v) is 8.62. The van der Waals surface area contributed by atoms with Gasteiger partial charge in [-0.05, 0) is 36.3 Å². The van der Waals surface area contributed by atoms with Crippen molar-refractivity contribution >= 4 is 17.7 Å². The maximum absolute atomic E-state index is 13.4. The number of carbonyl (C=O) groups excluding carboxylic acids is 3. The summed E-state index contributed by atoms with van der Waals surface area (Å²) in [6, 6.07) is 7.21. The molecule has 5 unspecified atom stereocenters. The molecule has 2 bridgehead atoms. The summed E-state index contributed by atoms with van der Waals surface area (Å²) < 4.78 is 5.35. The molecule has 1 saturated carbocycles. The van der Waals surface area contributed by atoms with E-state index in [9.17, 15) is 14.4 Å². The van der Waals surface area contributed by atoms with Gasteiger partial charge in [0, 0.05) is 13.1 Å². The molecule has 0 aromatic heterocycles. The number of carbonyl (C=O) groups is 3. The van der Waals surface area contributed by atoms with Gasteiger partial charge in [0.1, 0.15) is 0 Å². The summed E-state index contributed by atoms with van der Waals surface area (Å²) in [6.45, 7) is 4.14. The van der Waals surface area contributed by atoms with Crippen LogP contribution in [-0.4, -0.2) is 53.8 Å². The van der Waals surface area contributed by atoms with E-state index in [0.29, 0.717) is 26.3 Å². The summed E-state index contributed by atoms with van der Waals surface area (Å²) in [5.41, 5.74) is 1.88. The third kappa shape index (κ3) is 2.92. The minimum absolute atomic E-state index is 0.0275. The fourth-order valence-corrected chi connectivity index (χ4v) is 5.64. The van der Waals surface area contributed by atoms with Gasteiger partial charge in [-0.25, -0.2) is 0 Å². The van der Waals surface area contributed by atoms with E-state index in [-0.39, 0.29) is 47.8 Å². The van der Waals surface area contributed by atoms with Gasteiger partial charge in [0.05, 0.1) is 37.5 Å². The van der Waals surface area contributed by atoms with Gasteiger partial charge in [0.2, 0.25) is 17.7 Å². The molecule has 0 N–H and O–H groups in total. The highest BCUT2D eigenvalue weighted by molar-refractivity contribution is 6.07. The van der Waals surface area contributed by atoms with Crippen molar-refractivity contribution in [2.45, 2.75) is 25.8 Å². The van der Waals surface area contributed by atoms with Gasteiger partial charge >= 0.3 is 0 Å². The quantitative estimate of drug-likeness (QED) is 0.579. The van der Waals surface area contributed by atoms with Crippen LogP contribution < -0.4 is 0 Å². The molecule has 29 heavy (non-hydrogen) atoms. The molecule has 0 radical (unpaired) electrons. The topological polar surface area (TPSA) is 66.9 Å². The summed E-state index contributed by atoms with van der Waals surface area (Å²) in [4.78, 5) is 43.1. The molecular formula is C23H26N2O4. The molecule has 6 nitrogen and oxygen atoms in total. The van der Waals surface area contributed by atoms with Gasteiger partial charge in [0.15, 0.2) is 0 Å². The summed E-state index contributed by atoms with van der Waals surface area (Å²) in [7, 11) is 0. The van der Waals surface area contributed by atoms with Crippen molar-refractivity contribution in [3.05, 3.63) is 47.5 Å². The third-order valence-electron chi connectivity index (χ3n) is 7.10. The van der Waals surface area contributed by atoms with Crippen LogP contribution in [0, 0.1) is 30.6 Å². The summed E-state index contributed by atoms with van der Waals surface area (Å²) in [5.74, 6) is -0.386. The van der Waals surface area contributed by atoms with Crippen LogP contribution in [0.25, 0.3) is 0 Å². The molecule has 5 atom stereocenters. The highest BCUT2D eigenvalue weighted by Gasteiger charge is 2.60. The van der Waals surface area contributed by atoms with Crippen LogP contribution in [0.2, 0.25) is 0 Å². The molecular weight excluding hydrogens is 368 g/mol. The van der Waals surface area contributed by atoms with Gasteiger partial charge in [-0.1, -0.05) is 36.4 Å². The van der Waals surface area contributed by atoms with E-state index in [1.807, 2.05) is 31.2 Å². The Bertz CT molecular complexity index is 859. The molecule has 3 amide bonds. The van der Waals surface area contributed by atoms with Crippen LogP contribution in [-0.2, 0) is 19.1 Å². The maximum Gasteiger partial charge on any atom is 0.234 e. The van der Waals surface area contributed by atoms with Gasteiger partial charge in [-0.15, -0.1) is 0 Å². The number of likely N-dealkylation sites (tertiary alicyclic amines) is 1. The molecule has 3 fully saturated rings. The zero-order valence-electron chi connectivity index (χ0n) is 16.6. The molecule has 5 rings (SSSR count). The normalized spacial score (nSPS) is 31.5. The second-order valence-electron chi connectivity index (χ2n) is 8.62. The molecule has 2 aliphatic carbocycles. The number of nitrogens with zero attached hydrogens (tertiary/aromatic N) is 2. The van der Waals surface area contributed by atoms with Crippen molar-refractivity contribution in [1.29, 1.82) is 0 Å². The standard InChI is InChI=1S/C23H26N2O4/c1-14-4-2-3-5-17(14)18(13-19(26)24-8-10-29-11-9-24)25-22(27)20-15-6-7-16(12-15)21(20)23(25)28/h2-7,15-16,18,20-21H,8-13H2,1H3. The average molecular weight is 394 g/mol. The van der Waals surface area contributed by atoms with Crippen LogP contribution in [0.4, 0.5) is 0 Å². The predicted octanol–water partition coefficient (Wildman–Crippen LogP) is 2.09. The molecule has 152 valence electrons. The minimum atomic E-state index is -0.545. The zero-order valence-corrected chi connectivity index (χ0v) is 16.6. The molecule has 1 aromatic carbocycles. The Hall–Kier alpha value is -2.47. The predicted molar refractivity (Wildman–Crippen MR) is 106 cm³/mol. The van der Waals surface area contributed by atoms with Crippen molar-refractivity contribution in [2.24, 2.45) is 23.7 Å². The van der Waals surface area contributed by atoms with E-state index in [1.165, 1.54) is 4.90 Å². The molecule has 1 aromatic rings. The first-order valence-electron chi connectivity index (χ1n) is 10.5. The van der Waals surface area contributed by atoms with E-state index >= 15 is 0 Å². The van der Waals surface area contributed by atoms with Crippen molar-refractivity contribution in [2.75, 3.05) is 26.3 Å². The largest absolute Gasteiger partial charge is 0.378 e. The first-order valence-corrected chi connectivity index (χ1v) is 10.5. The first-order chi connectivity index (χ1) is 14.1. The lowest BCUT2D eigenvalue weighted by atomic mass is 9.85. The summed E-state index contributed by atoms with van der Waals surface area (Å²) >= 11 is 0. The number of allylic oxidation sites excluding steroid dienone is 2. The van der Waals surface area contributed by atoms with Crippen LogP contribution in [0.15, 0.2) is 36.4 Å². The van der Waals surface area contributed by atoms with E-state index in [4.69, 9.17) is 4.74 Å². The van der Waals surface area contributed by atoms with E-state index in [2.05, 4.69) is 12.2 Å². The molecule has 2 heterocycles. The molecule has 4 aliphatic rings. The number of ether oxygens (including phenoxy) is 1. The van der Waals surface area contributed by atoms with Gasteiger partial charge < -0.3 is 9.64 Å². The van der Waals surface area contributed by atoms with Crippen molar-refractivity contribution in [3.8, 4) is 0 Å². The number of imide groups is 1. The second kappa shape index (κ2) is 7.10. The monoisotopic (exact) mass is 394 g/mol. The summed E-state index contributed by atoms with van der Waals surface area (Å²) in [5, 5.41) is 0. The molecule has 2 saturated heterocycles. The van der Waals surface area contributed by atoms with E-state index in [1.54, 1.807) is 4.90 Å². The number of fused-ring (bicyclic) bond motifs is 5. The number of benzene rings is 1. The Morgan fingerprint density at radius 3 is 2.31 bits per heavy atom. The fraction of sp³-hybridized carbons (Fsp3) is 0.522. The van der Waals surface area contributed by atoms with Crippen molar-refractivity contribution in [3.63, 3.8) is 0 Å².